The normalized spacial score (nSPS) is 17.9. The van der Waals surface area contributed by atoms with E-state index in [2.05, 4.69) is 5.32 Å². The summed E-state index contributed by atoms with van der Waals surface area (Å²) in [4.78, 5) is 22.8. The molecular formula is C10H17N2O2. The Morgan fingerprint density at radius 2 is 2.14 bits per heavy atom. The van der Waals surface area contributed by atoms with Crippen LogP contribution in [0.15, 0.2) is 0 Å². The molecule has 1 rings (SSSR count). The molecule has 0 aliphatic carbocycles. The first-order valence-corrected chi connectivity index (χ1v) is 5.09. The van der Waals surface area contributed by atoms with Crippen molar-refractivity contribution in [3.8, 4) is 0 Å². The van der Waals surface area contributed by atoms with Crippen LogP contribution in [0.3, 0.4) is 0 Å². The first kappa shape index (κ1) is 11.0. The summed E-state index contributed by atoms with van der Waals surface area (Å²) in [5, 5.41) is 2.54. The Labute approximate surface area is 84.7 Å². The van der Waals surface area contributed by atoms with Gasteiger partial charge in [-0.1, -0.05) is 0 Å². The van der Waals surface area contributed by atoms with Gasteiger partial charge in [0.1, 0.15) is 0 Å². The highest BCUT2D eigenvalue weighted by molar-refractivity contribution is 5.73. The fraction of sp³-hybridized carbons (Fsp3) is 0.800. The maximum absolute atomic E-state index is 11.0. The van der Waals surface area contributed by atoms with E-state index in [1.807, 2.05) is 4.90 Å². The first-order valence-electron chi connectivity index (χ1n) is 5.09. The van der Waals surface area contributed by atoms with E-state index in [1.54, 1.807) is 13.3 Å². The number of carbonyl (C=O) groups is 1. The van der Waals surface area contributed by atoms with Gasteiger partial charge in [-0.25, -0.2) is 0 Å². The van der Waals surface area contributed by atoms with Crippen LogP contribution in [-0.4, -0.2) is 36.9 Å². The zero-order valence-electron chi connectivity index (χ0n) is 8.58. The lowest BCUT2D eigenvalue weighted by molar-refractivity contribution is -0.130. The van der Waals surface area contributed by atoms with Crippen molar-refractivity contribution >= 4 is 12.3 Å². The third kappa shape index (κ3) is 3.36. The molecule has 0 atom stereocenters. The van der Waals surface area contributed by atoms with Crippen molar-refractivity contribution < 1.29 is 9.59 Å². The van der Waals surface area contributed by atoms with Crippen molar-refractivity contribution in [1.29, 1.82) is 0 Å². The molecule has 0 aromatic carbocycles. The molecule has 4 nitrogen and oxygen atoms in total. The lowest BCUT2D eigenvalue weighted by Gasteiger charge is -2.31. The van der Waals surface area contributed by atoms with Gasteiger partial charge in [0.15, 0.2) is 0 Å². The summed E-state index contributed by atoms with van der Waals surface area (Å²) in [6, 6.07) is 0. The summed E-state index contributed by atoms with van der Waals surface area (Å²) < 4.78 is 0. The molecule has 1 heterocycles. The fourth-order valence-electron chi connectivity index (χ4n) is 1.86. The predicted octanol–water partition coefficient (Wildman–Crippen LogP) is 0.292. The predicted molar refractivity (Wildman–Crippen MR) is 53.3 cm³/mol. The molecule has 0 unspecified atom stereocenters. The number of rotatable bonds is 4. The third-order valence-corrected chi connectivity index (χ3v) is 2.81. The van der Waals surface area contributed by atoms with Crippen LogP contribution in [0.4, 0.5) is 0 Å². The average molecular weight is 197 g/mol. The number of amides is 2. The highest BCUT2D eigenvalue weighted by Gasteiger charge is 2.19. The lowest BCUT2D eigenvalue weighted by Crippen LogP contribution is -2.37. The summed E-state index contributed by atoms with van der Waals surface area (Å²) in [7, 11) is 0. The van der Waals surface area contributed by atoms with Gasteiger partial charge in [0.25, 0.3) is 0 Å². The van der Waals surface area contributed by atoms with Crippen LogP contribution in [0.1, 0.15) is 26.2 Å². The van der Waals surface area contributed by atoms with Crippen LogP contribution in [-0.2, 0) is 9.59 Å². The average Bonchev–Trinajstić information content (AvgIpc) is 2.19. The van der Waals surface area contributed by atoms with Crippen LogP contribution in [0.5, 0.6) is 0 Å². The first-order chi connectivity index (χ1) is 6.74. The lowest BCUT2D eigenvalue weighted by atomic mass is 9.93. The molecule has 0 aromatic rings. The van der Waals surface area contributed by atoms with Crippen LogP contribution in [0.2, 0.25) is 0 Å². The molecule has 1 N–H and O–H groups in total. The minimum Gasteiger partial charge on any atom is -0.348 e. The van der Waals surface area contributed by atoms with Crippen LogP contribution in [0, 0.1) is 5.92 Å². The highest BCUT2D eigenvalue weighted by Crippen LogP contribution is 2.19. The number of likely N-dealkylation sites (tertiary alicyclic amines) is 1. The zero-order chi connectivity index (χ0) is 10.4. The molecule has 14 heavy (non-hydrogen) atoms. The maximum atomic E-state index is 11.0. The molecule has 1 aliphatic heterocycles. The van der Waals surface area contributed by atoms with Crippen LogP contribution in [0.25, 0.3) is 0 Å². The van der Waals surface area contributed by atoms with Gasteiger partial charge in [-0.05, 0) is 25.2 Å². The molecule has 0 spiro atoms. The van der Waals surface area contributed by atoms with E-state index in [-0.39, 0.29) is 5.91 Å². The Balaban J connectivity index is 2.15. The van der Waals surface area contributed by atoms with E-state index in [1.165, 1.54) is 0 Å². The zero-order valence-corrected chi connectivity index (χ0v) is 8.58. The highest BCUT2D eigenvalue weighted by atomic mass is 16.2. The molecule has 1 fully saturated rings. The van der Waals surface area contributed by atoms with E-state index in [4.69, 9.17) is 0 Å². The number of nitrogens with one attached hydrogen (secondary N) is 1. The molecule has 1 aliphatic rings. The van der Waals surface area contributed by atoms with Crippen molar-refractivity contribution in [2.75, 3.05) is 19.6 Å². The molecule has 4 heteroatoms. The molecule has 1 saturated heterocycles. The Morgan fingerprint density at radius 1 is 1.50 bits per heavy atom. The molecule has 0 bridgehead atoms. The van der Waals surface area contributed by atoms with Crippen molar-refractivity contribution in [1.82, 2.24) is 10.2 Å². The Morgan fingerprint density at radius 3 is 2.64 bits per heavy atom. The van der Waals surface area contributed by atoms with E-state index in [9.17, 15) is 9.59 Å². The van der Waals surface area contributed by atoms with Crippen molar-refractivity contribution in [2.45, 2.75) is 26.2 Å². The summed E-state index contributed by atoms with van der Waals surface area (Å²) in [5.41, 5.74) is 0. The molecule has 0 saturated carbocycles. The summed E-state index contributed by atoms with van der Waals surface area (Å²) in [6.45, 7) is 4.05. The smallest absolute Gasteiger partial charge is 0.309 e. The van der Waals surface area contributed by atoms with Gasteiger partial charge in [0, 0.05) is 26.6 Å². The van der Waals surface area contributed by atoms with Gasteiger partial charge >= 0.3 is 6.41 Å². The number of hydrogen-bond acceptors (Lipinski definition) is 2. The van der Waals surface area contributed by atoms with Crippen LogP contribution >= 0.6 is 0 Å². The third-order valence-electron chi connectivity index (χ3n) is 2.81. The van der Waals surface area contributed by atoms with E-state index in [0.717, 1.165) is 32.4 Å². The molecule has 2 amide bonds. The molecule has 79 valence electrons. The number of piperidine rings is 1. The van der Waals surface area contributed by atoms with Gasteiger partial charge in [0.05, 0.1) is 0 Å². The van der Waals surface area contributed by atoms with Gasteiger partial charge in [-0.15, -0.1) is 0 Å². The Hall–Kier alpha value is -1.06. The molecule has 0 aromatic heterocycles. The van der Waals surface area contributed by atoms with Gasteiger partial charge in [-0.2, -0.15) is 0 Å². The van der Waals surface area contributed by atoms with Gasteiger partial charge < -0.3 is 10.2 Å². The monoisotopic (exact) mass is 197 g/mol. The van der Waals surface area contributed by atoms with Crippen molar-refractivity contribution in [2.24, 2.45) is 5.92 Å². The topological polar surface area (TPSA) is 49.4 Å². The van der Waals surface area contributed by atoms with Gasteiger partial charge in [0.2, 0.25) is 5.91 Å². The summed E-state index contributed by atoms with van der Waals surface area (Å²) in [6.07, 6.45) is 4.78. The second-order valence-corrected chi connectivity index (χ2v) is 3.77. The van der Waals surface area contributed by atoms with Crippen LogP contribution < -0.4 is 5.32 Å². The Bertz CT molecular complexity index is 198. The number of nitrogens with zero attached hydrogens (tertiary/aromatic N) is 1. The quantitative estimate of drug-likeness (QED) is 0.520. The van der Waals surface area contributed by atoms with Crippen molar-refractivity contribution in [3.05, 3.63) is 0 Å². The van der Waals surface area contributed by atoms with Gasteiger partial charge in [-0.3, -0.25) is 9.59 Å². The fourth-order valence-corrected chi connectivity index (χ4v) is 1.86. The number of hydrogen-bond donors (Lipinski definition) is 1. The Kier molecular flexibility index (Phi) is 4.43. The SMILES string of the molecule is CC(=O)N1CCC(CCN[C]=O)CC1. The van der Waals surface area contributed by atoms with E-state index < -0.39 is 0 Å². The standard InChI is InChI=1S/C10H17N2O2/c1-9(14)12-6-3-10(4-7-12)2-5-11-8-13/h10H,2-7H2,1H3,(H,11,13). The minimum atomic E-state index is 0.169. The molecule has 1 radical (unpaired) electrons. The summed E-state index contributed by atoms with van der Waals surface area (Å²) in [5.74, 6) is 0.814. The minimum absolute atomic E-state index is 0.169. The van der Waals surface area contributed by atoms with E-state index in [0.29, 0.717) is 12.5 Å². The largest absolute Gasteiger partial charge is 0.348 e. The summed E-state index contributed by atoms with van der Waals surface area (Å²) >= 11 is 0. The second kappa shape index (κ2) is 5.62. The van der Waals surface area contributed by atoms with E-state index >= 15 is 0 Å². The second-order valence-electron chi connectivity index (χ2n) is 3.77. The van der Waals surface area contributed by atoms with Crippen molar-refractivity contribution in [3.63, 3.8) is 0 Å². The molecular weight excluding hydrogens is 180 g/mol. The maximum Gasteiger partial charge on any atom is 0.309 e. The number of carbonyl (C=O) groups excluding carboxylic acids is 2.